The number of fused-ring (bicyclic) bond motifs is 1. The van der Waals surface area contributed by atoms with Crippen LogP contribution in [0.3, 0.4) is 0 Å². The molecule has 2 aromatic rings. The van der Waals surface area contributed by atoms with Gasteiger partial charge in [-0.15, -0.1) is 0 Å². The fourth-order valence-corrected chi connectivity index (χ4v) is 2.19. The highest BCUT2D eigenvalue weighted by Gasteiger charge is 2.10. The summed E-state index contributed by atoms with van der Waals surface area (Å²) in [5.41, 5.74) is 1.95. The predicted octanol–water partition coefficient (Wildman–Crippen LogP) is 3.12. The van der Waals surface area contributed by atoms with E-state index < -0.39 is 0 Å². The van der Waals surface area contributed by atoms with Crippen LogP contribution < -0.4 is 4.74 Å². The number of ether oxygens (including phenoxy) is 1. The SMILES string of the molecule is CCCCn1c(CO)nc2cc(OC(C)C)ccc21. The number of hydrogen-bond donors (Lipinski definition) is 1. The number of nitrogens with zero attached hydrogens (tertiary/aromatic N) is 2. The molecular formula is C15H22N2O2. The highest BCUT2D eigenvalue weighted by molar-refractivity contribution is 5.77. The number of aliphatic hydroxyl groups excluding tert-OH is 1. The molecule has 0 unspecified atom stereocenters. The van der Waals surface area contributed by atoms with Crippen LogP contribution in [0.25, 0.3) is 11.0 Å². The topological polar surface area (TPSA) is 47.3 Å². The average Bonchev–Trinajstić information content (AvgIpc) is 2.72. The molecule has 0 saturated carbocycles. The van der Waals surface area contributed by atoms with Crippen molar-refractivity contribution in [3.63, 3.8) is 0 Å². The first-order valence-corrected chi connectivity index (χ1v) is 6.92. The minimum Gasteiger partial charge on any atom is -0.491 e. The summed E-state index contributed by atoms with van der Waals surface area (Å²) >= 11 is 0. The van der Waals surface area contributed by atoms with E-state index in [4.69, 9.17) is 4.74 Å². The predicted molar refractivity (Wildman–Crippen MR) is 76.3 cm³/mol. The minimum atomic E-state index is -0.0290. The Labute approximate surface area is 114 Å². The van der Waals surface area contributed by atoms with Gasteiger partial charge in [0.2, 0.25) is 0 Å². The van der Waals surface area contributed by atoms with Crippen LogP contribution in [0.1, 0.15) is 39.4 Å². The van der Waals surface area contributed by atoms with E-state index in [2.05, 4.69) is 16.5 Å². The van der Waals surface area contributed by atoms with Gasteiger partial charge in [0.25, 0.3) is 0 Å². The second-order valence-corrected chi connectivity index (χ2v) is 5.01. The largest absolute Gasteiger partial charge is 0.491 e. The lowest BCUT2D eigenvalue weighted by Gasteiger charge is -2.10. The van der Waals surface area contributed by atoms with Gasteiger partial charge in [0.15, 0.2) is 0 Å². The molecule has 1 aromatic carbocycles. The summed E-state index contributed by atoms with van der Waals surface area (Å²) < 4.78 is 7.77. The lowest BCUT2D eigenvalue weighted by atomic mass is 10.2. The van der Waals surface area contributed by atoms with Crippen LogP contribution >= 0.6 is 0 Å². The maximum atomic E-state index is 9.42. The number of aliphatic hydroxyl groups is 1. The van der Waals surface area contributed by atoms with E-state index in [1.807, 2.05) is 32.0 Å². The molecule has 2 rings (SSSR count). The van der Waals surface area contributed by atoms with Crippen molar-refractivity contribution in [2.75, 3.05) is 0 Å². The zero-order valence-electron chi connectivity index (χ0n) is 11.9. The highest BCUT2D eigenvalue weighted by Crippen LogP contribution is 2.23. The Morgan fingerprint density at radius 3 is 2.79 bits per heavy atom. The van der Waals surface area contributed by atoms with E-state index in [9.17, 15) is 5.11 Å². The Kier molecular flexibility index (Phi) is 4.43. The summed E-state index contributed by atoms with van der Waals surface area (Å²) in [6.45, 7) is 7.03. The van der Waals surface area contributed by atoms with Crippen LogP contribution in [0.2, 0.25) is 0 Å². The summed E-state index contributed by atoms with van der Waals surface area (Å²) in [5.74, 6) is 1.55. The quantitative estimate of drug-likeness (QED) is 0.870. The van der Waals surface area contributed by atoms with E-state index in [0.717, 1.165) is 42.0 Å². The molecule has 1 heterocycles. The van der Waals surface area contributed by atoms with Crippen LogP contribution in [0.15, 0.2) is 18.2 Å². The second-order valence-electron chi connectivity index (χ2n) is 5.01. The molecule has 0 amide bonds. The van der Waals surface area contributed by atoms with Crippen molar-refractivity contribution in [2.24, 2.45) is 0 Å². The molecule has 0 radical (unpaired) electrons. The molecule has 0 fully saturated rings. The van der Waals surface area contributed by atoms with Crippen molar-refractivity contribution in [3.8, 4) is 5.75 Å². The summed E-state index contributed by atoms with van der Waals surface area (Å²) in [4.78, 5) is 4.48. The zero-order chi connectivity index (χ0) is 13.8. The highest BCUT2D eigenvalue weighted by atomic mass is 16.5. The zero-order valence-corrected chi connectivity index (χ0v) is 11.9. The van der Waals surface area contributed by atoms with Crippen LogP contribution in [-0.2, 0) is 13.2 Å². The molecule has 1 N–H and O–H groups in total. The summed E-state index contributed by atoms with van der Waals surface area (Å²) in [6.07, 6.45) is 2.36. The molecule has 0 bridgehead atoms. The fraction of sp³-hybridized carbons (Fsp3) is 0.533. The van der Waals surface area contributed by atoms with Crippen molar-refractivity contribution < 1.29 is 9.84 Å². The van der Waals surface area contributed by atoms with Gasteiger partial charge in [-0.25, -0.2) is 4.98 Å². The van der Waals surface area contributed by atoms with Gasteiger partial charge < -0.3 is 14.4 Å². The van der Waals surface area contributed by atoms with Gasteiger partial charge in [0.05, 0.1) is 17.1 Å². The number of hydrogen-bond acceptors (Lipinski definition) is 3. The average molecular weight is 262 g/mol. The van der Waals surface area contributed by atoms with E-state index in [0.29, 0.717) is 0 Å². The van der Waals surface area contributed by atoms with Crippen molar-refractivity contribution in [1.82, 2.24) is 9.55 Å². The van der Waals surface area contributed by atoms with Gasteiger partial charge in [-0.1, -0.05) is 13.3 Å². The molecule has 19 heavy (non-hydrogen) atoms. The smallest absolute Gasteiger partial charge is 0.135 e. The van der Waals surface area contributed by atoms with E-state index in [1.165, 1.54) is 0 Å². The lowest BCUT2D eigenvalue weighted by Crippen LogP contribution is -2.05. The Balaban J connectivity index is 2.39. The number of imidazole rings is 1. The van der Waals surface area contributed by atoms with Crippen molar-refractivity contribution >= 4 is 11.0 Å². The van der Waals surface area contributed by atoms with E-state index in [-0.39, 0.29) is 12.7 Å². The minimum absolute atomic E-state index is 0.0290. The molecule has 104 valence electrons. The number of aromatic nitrogens is 2. The first-order valence-electron chi connectivity index (χ1n) is 6.92. The van der Waals surface area contributed by atoms with Gasteiger partial charge in [-0.05, 0) is 32.4 Å². The Morgan fingerprint density at radius 1 is 1.37 bits per heavy atom. The summed E-state index contributed by atoms with van der Waals surface area (Å²) in [6, 6.07) is 5.93. The lowest BCUT2D eigenvalue weighted by molar-refractivity contribution is 0.242. The Morgan fingerprint density at radius 2 is 2.16 bits per heavy atom. The van der Waals surface area contributed by atoms with E-state index >= 15 is 0 Å². The van der Waals surface area contributed by atoms with Crippen LogP contribution in [-0.4, -0.2) is 20.8 Å². The third kappa shape index (κ3) is 3.07. The monoisotopic (exact) mass is 262 g/mol. The third-order valence-electron chi connectivity index (χ3n) is 3.05. The first-order chi connectivity index (χ1) is 9.15. The van der Waals surface area contributed by atoms with Crippen LogP contribution in [0.5, 0.6) is 5.75 Å². The van der Waals surface area contributed by atoms with Gasteiger partial charge in [0.1, 0.15) is 18.2 Å². The summed E-state index contributed by atoms with van der Waals surface area (Å²) in [5, 5.41) is 9.42. The number of aryl methyl sites for hydroxylation is 1. The fourth-order valence-electron chi connectivity index (χ4n) is 2.19. The van der Waals surface area contributed by atoms with Crippen molar-refractivity contribution in [1.29, 1.82) is 0 Å². The van der Waals surface area contributed by atoms with Gasteiger partial charge >= 0.3 is 0 Å². The first kappa shape index (κ1) is 13.9. The molecular weight excluding hydrogens is 240 g/mol. The Bertz CT molecular complexity index is 546. The van der Waals surface area contributed by atoms with Crippen molar-refractivity contribution in [3.05, 3.63) is 24.0 Å². The molecule has 0 aliphatic rings. The third-order valence-corrected chi connectivity index (χ3v) is 3.05. The number of rotatable bonds is 6. The van der Waals surface area contributed by atoms with Crippen LogP contribution in [0, 0.1) is 0 Å². The van der Waals surface area contributed by atoms with Crippen LogP contribution in [0.4, 0.5) is 0 Å². The standard InChI is InChI=1S/C15H22N2O2/c1-4-5-8-17-14-7-6-12(19-11(2)3)9-13(14)16-15(17)10-18/h6-7,9,11,18H,4-5,8,10H2,1-3H3. The molecule has 1 aromatic heterocycles. The number of benzene rings is 1. The summed E-state index contributed by atoms with van der Waals surface area (Å²) in [7, 11) is 0. The molecule has 0 saturated heterocycles. The molecule has 0 aliphatic heterocycles. The number of unbranched alkanes of at least 4 members (excludes halogenated alkanes) is 1. The maximum absolute atomic E-state index is 9.42. The molecule has 0 atom stereocenters. The van der Waals surface area contributed by atoms with E-state index in [1.54, 1.807) is 0 Å². The van der Waals surface area contributed by atoms with Gasteiger partial charge in [-0.2, -0.15) is 0 Å². The van der Waals surface area contributed by atoms with Gasteiger partial charge in [-0.3, -0.25) is 0 Å². The maximum Gasteiger partial charge on any atom is 0.135 e. The van der Waals surface area contributed by atoms with Crippen molar-refractivity contribution in [2.45, 2.75) is 52.9 Å². The normalized spacial score (nSPS) is 11.4. The molecule has 4 heteroatoms. The molecule has 4 nitrogen and oxygen atoms in total. The Hall–Kier alpha value is -1.55. The molecule has 0 spiro atoms. The molecule has 0 aliphatic carbocycles. The van der Waals surface area contributed by atoms with Gasteiger partial charge in [0, 0.05) is 12.6 Å². The second kappa shape index (κ2) is 6.06.